The lowest BCUT2D eigenvalue weighted by Gasteiger charge is -2.51. The van der Waals surface area contributed by atoms with Crippen LogP contribution in [0.15, 0.2) is 48.5 Å². The van der Waals surface area contributed by atoms with Gasteiger partial charge in [-0.25, -0.2) is 0 Å². The first kappa shape index (κ1) is 18.0. The van der Waals surface area contributed by atoms with E-state index in [0.29, 0.717) is 18.0 Å². The van der Waals surface area contributed by atoms with Gasteiger partial charge in [0.1, 0.15) is 11.5 Å². The molecule has 4 fully saturated rings. The highest BCUT2D eigenvalue weighted by molar-refractivity contribution is 5.34. The first-order valence-electron chi connectivity index (χ1n) is 10.5. The number of nitrogens with zero attached hydrogens (tertiary/aromatic N) is 2. The SMILES string of the molecule is COc1ccc([C@H]2CN(Cc3cccc(OC)c3)[C@H]3C4CCN(CC4)[C@@H]23)cc1. The van der Waals surface area contributed by atoms with E-state index in [2.05, 4.69) is 52.3 Å². The third-order valence-electron chi connectivity index (χ3n) is 7.16. The molecule has 0 saturated carbocycles. The van der Waals surface area contributed by atoms with Crippen molar-refractivity contribution in [2.45, 2.75) is 37.4 Å². The molecule has 2 aromatic carbocycles. The Labute approximate surface area is 168 Å². The Morgan fingerprint density at radius 1 is 0.893 bits per heavy atom. The van der Waals surface area contributed by atoms with Gasteiger partial charge in [-0.2, -0.15) is 0 Å². The summed E-state index contributed by atoms with van der Waals surface area (Å²) in [4.78, 5) is 5.52. The normalized spacial score (nSPS) is 31.6. The zero-order valence-electron chi connectivity index (χ0n) is 16.9. The summed E-state index contributed by atoms with van der Waals surface area (Å²) in [6.07, 6.45) is 2.70. The molecule has 4 aliphatic rings. The molecule has 0 N–H and O–H groups in total. The van der Waals surface area contributed by atoms with Gasteiger partial charge >= 0.3 is 0 Å². The molecule has 4 heteroatoms. The average molecular weight is 379 g/mol. The largest absolute Gasteiger partial charge is 0.497 e. The fourth-order valence-corrected chi connectivity index (χ4v) is 5.87. The maximum absolute atomic E-state index is 5.45. The van der Waals surface area contributed by atoms with Crippen molar-refractivity contribution in [3.63, 3.8) is 0 Å². The minimum atomic E-state index is 0.574. The Morgan fingerprint density at radius 2 is 1.64 bits per heavy atom. The Hall–Kier alpha value is -2.04. The van der Waals surface area contributed by atoms with Gasteiger partial charge in [0, 0.05) is 31.1 Å². The lowest BCUT2D eigenvalue weighted by molar-refractivity contribution is -0.00870. The molecule has 4 saturated heterocycles. The van der Waals surface area contributed by atoms with Gasteiger partial charge in [-0.1, -0.05) is 24.3 Å². The Balaban J connectivity index is 1.44. The van der Waals surface area contributed by atoms with E-state index < -0.39 is 0 Å². The number of hydrogen-bond acceptors (Lipinski definition) is 4. The minimum absolute atomic E-state index is 0.574. The molecule has 4 aliphatic heterocycles. The second kappa shape index (κ2) is 7.41. The monoisotopic (exact) mass is 378 g/mol. The molecule has 6 rings (SSSR count). The Bertz CT molecular complexity index is 814. The van der Waals surface area contributed by atoms with Gasteiger partial charge in [0.2, 0.25) is 0 Å². The number of hydrogen-bond donors (Lipinski definition) is 0. The van der Waals surface area contributed by atoms with Crippen LogP contribution in [-0.2, 0) is 6.54 Å². The summed E-state index contributed by atoms with van der Waals surface area (Å²) in [5.41, 5.74) is 2.81. The van der Waals surface area contributed by atoms with Crippen molar-refractivity contribution in [1.82, 2.24) is 9.80 Å². The molecule has 0 unspecified atom stereocenters. The number of ether oxygens (including phenoxy) is 2. The lowest BCUT2D eigenvalue weighted by Crippen LogP contribution is -2.59. The van der Waals surface area contributed by atoms with Gasteiger partial charge < -0.3 is 9.47 Å². The fourth-order valence-electron chi connectivity index (χ4n) is 5.87. The summed E-state index contributed by atoms with van der Waals surface area (Å²) in [5, 5.41) is 0. The highest BCUT2D eigenvalue weighted by Crippen LogP contribution is 2.47. The summed E-state index contributed by atoms with van der Waals surface area (Å²) >= 11 is 0. The molecule has 0 aromatic heterocycles. The van der Waals surface area contributed by atoms with Crippen LogP contribution in [0.3, 0.4) is 0 Å². The number of piperidine rings is 3. The van der Waals surface area contributed by atoms with Crippen molar-refractivity contribution in [2.24, 2.45) is 5.92 Å². The predicted octanol–water partition coefficient (Wildman–Crippen LogP) is 3.77. The van der Waals surface area contributed by atoms with Gasteiger partial charge in [0.25, 0.3) is 0 Å². The van der Waals surface area contributed by atoms with Gasteiger partial charge in [0.15, 0.2) is 0 Å². The second-order valence-electron chi connectivity index (χ2n) is 8.52. The van der Waals surface area contributed by atoms with Crippen LogP contribution < -0.4 is 9.47 Å². The quantitative estimate of drug-likeness (QED) is 0.791. The summed E-state index contributed by atoms with van der Waals surface area (Å²) in [7, 11) is 3.49. The summed E-state index contributed by atoms with van der Waals surface area (Å²) in [6, 6.07) is 18.7. The van der Waals surface area contributed by atoms with Gasteiger partial charge in [0.05, 0.1) is 14.2 Å². The molecule has 3 atom stereocenters. The molecule has 2 bridgehead atoms. The smallest absolute Gasteiger partial charge is 0.119 e. The first-order valence-corrected chi connectivity index (χ1v) is 10.5. The first-order chi connectivity index (χ1) is 13.8. The number of rotatable bonds is 5. The molecule has 28 heavy (non-hydrogen) atoms. The Morgan fingerprint density at radius 3 is 2.36 bits per heavy atom. The van der Waals surface area contributed by atoms with E-state index in [1.165, 1.54) is 37.1 Å². The fraction of sp³-hybridized carbons (Fsp3) is 0.500. The van der Waals surface area contributed by atoms with Crippen LogP contribution >= 0.6 is 0 Å². The van der Waals surface area contributed by atoms with Gasteiger partial charge in [-0.05, 0) is 67.2 Å². The van der Waals surface area contributed by atoms with Crippen LogP contribution in [0, 0.1) is 5.92 Å². The molecule has 4 heterocycles. The predicted molar refractivity (Wildman–Crippen MR) is 111 cm³/mol. The van der Waals surface area contributed by atoms with Crippen LogP contribution in [-0.4, -0.2) is 55.7 Å². The highest BCUT2D eigenvalue weighted by Gasteiger charge is 2.53. The van der Waals surface area contributed by atoms with E-state index in [1.807, 2.05) is 6.07 Å². The zero-order chi connectivity index (χ0) is 19.1. The molecule has 148 valence electrons. The summed E-state index contributed by atoms with van der Waals surface area (Å²) < 4.78 is 10.8. The number of methoxy groups -OCH3 is 2. The van der Waals surface area contributed by atoms with E-state index in [4.69, 9.17) is 9.47 Å². The zero-order valence-corrected chi connectivity index (χ0v) is 16.9. The van der Waals surface area contributed by atoms with Gasteiger partial charge in [-0.3, -0.25) is 9.80 Å². The molecule has 0 amide bonds. The molecule has 2 aromatic rings. The van der Waals surface area contributed by atoms with E-state index in [-0.39, 0.29) is 0 Å². The molecule has 4 nitrogen and oxygen atoms in total. The molecular weight excluding hydrogens is 348 g/mol. The number of likely N-dealkylation sites (tertiary alicyclic amines) is 1. The number of fused-ring (bicyclic) bond motifs is 2. The summed E-state index contributed by atoms with van der Waals surface area (Å²) in [6.45, 7) is 4.68. The summed E-state index contributed by atoms with van der Waals surface area (Å²) in [5.74, 6) is 3.30. The van der Waals surface area contributed by atoms with Crippen molar-refractivity contribution in [2.75, 3.05) is 33.9 Å². The molecule has 0 radical (unpaired) electrons. The van der Waals surface area contributed by atoms with Crippen LogP contribution in [0.4, 0.5) is 0 Å². The third kappa shape index (κ3) is 3.09. The van der Waals surface area contributed by atoms with Crippen molar-refractivity contribution >= 4 is 0 Å². The van der Waals surface area contributed by atoms with Crippen LogP contribution in [0.25, 0.3) is 0 Å². The highest BCUT2D eigenvalue weighted by atomic mass is 16.5. The molecular formula is C24H30N2O2. The van der Waals surface area contributed by atoms with Crippen molar-refractivity contribution in [3.05, 3.63) is 59.7 Å². The van der Waals surface area contributed by atoms with Crippen molar-refractivity contribution in [3.8, 4) is 11.5 Å². The second-order valence-corrected chi connectivity index (χ2v) is 8.52. The van der Waals surface area contributed by atoms with Crippen molar-refractivity contribution < 1.29 is 9.47 Å². The average Bonchev–Trinajstić information content (AvgIpc) is 3.16. The maximum Gasteiger partial charge on any atom is 0.119 e. The Kier molecular flexibility index (Phi) is 4.77. The van der Waals surface area contributed by atoms with Gasteiger partial charge in [-0.15, -0.1) is 0 Å². The number of benzene rings is 2. The van der Waals surface area contributed by atoms with Crippen LogP contribution in [0.5, 0.6) is 11.5 Å². The van der Waals surface area contributed by atoms with Crippen LogP contribution in [0.2, 0.25) is 0 Å². The van der Waals surface area contributed by atoms with E-state index in [1.54, 1.807) is 14.2 Å². The maximum atomic E-state index is 5.45. The van der Waals surface area contributed by atoms with E-state index in [9.17, 15) is 0 Å². The van der Waals surface area contributed by atoms with Crippen molar-refractivity contribution in [1.29, 1.82) is 0 Å². The molecule has 0 aliphatic carbocycles. The topological polar surface area (TPSA) is 24.9 Å². The standard InChI is InChI=1S/C24H30N2O2/c1-27-20-8-6-18(7-9-20)22-16-26(15-17-4-3-5-21(14-17)28-2)23-19-10-12-25(13-11-19)24(22)23/h3-9,14,19,22-24H,10-13,15-16H2,1-2H3/t22-,23+,24+/m1/s1. The molecule has 0 spiro atoms. The lowest BCUT2D eigenvalue weighted by atomic mass is 9.75. The van der Waals surface area contributed by atoms with E-state index in [0.717, 1.165) is 30.5 Å². The van der Waals surface area contributed by atoms with E-state index >= 15 is 0 Å². The van der Waals surface area contributed by atoms with Crippen LogP contribution in [0.1, 0.15) is 29.9 Å². The minimum Gasteiger partial charge on any atom is -0.497 e. The third-order valence-corrected chi connectivity index (χ3v) is 7.16.